The first-order valence-corrected chi connectivity index (χ1v) is 5.70. The van der Waals surface area contributed by atoms with E-state index in [-0.39, 0.29) is 5.69 Å². The lowest BCUT2D eigenvalue weighted by Gasteiger charge is -2.01. The third kappa shape index (κ3) is 2.40. The number of aryl methyl sites for hydroxylation is 2. The zero-order valence-electron chi connectivity index (χ0n) is 10.6. The number of hydrogen-bond donors (Lipinski definition) is 0. The van der Waals surface area contributed by atoms with Crippen molar-refractivity contribution >= 4 is 5.97 Å². The van der Waals surface area contributed by atoms with Crippen LogP contribution in [0.3, 0.4) is 0 Å². The summed E-state index contributed by atoms with van der Waals surface area (Å²) in [7, 11) is 0. The first-order chi connectivity index (χ1) is 8.61. The van der Waals surface area contributed by atoms with Gasteiger partial charge in [-0.15, -0.1) is 0 Å². The maximum Gasteiger partial charge on any atom is 0.360 e. The van der Waals surface area contributed by atoms with Crippen LogP contribution in [0.5, 0.6) is 0 Å². The number of hydrogen-bond acceptors (Lipinski definition) is 5. The van der Waals surface area contributed by atoms with Crippen LogP contribution in [0.4, 0.5) is 0 Å². The largest absolute Gasteiger partial charge is 0.461 e. The number of rotatable bonds is 3. The van der Waals surface area contributed by atoms with Crippen molar-refractivity contribution in [1.29, 1.82) is 0 Å². The molecule has 0 aliphatic heterocycles. The number of nitrogens with zero attached hydrogens (tertiary/aromatic N) is 2. The summed E-state index contributed by atoms with van der Waals surface area (Å²) in [5.41, 5.74) is 2.76. The lowest BCUT2D eigenvalue weighted by Crippen LogP contribution is -2.04. The Morgan fingerprint density at radius 3 is 2.83 bits per heavy atom. The maximum absolute atomic E-state index is 11.5. The van der Waals surface area contributed by atoms with Gasteiger partial charge in [0.1, 0.15) is 0 Å². The summed E-state index contributed by atoms with van der Waals surface area (Å²) in [4.78, 5) is 15.8. The third-order valence-corrected chi connectivity index (χ3v) is 2.49. The van der Waals surface area contributed by atoms with Gasteiger partial charge in [0.05, 0.1) is 6.61 Å². The Kier molecular flexibility index (Phi) is 3.41. The molecule has 0 aromatic carbocycles. The zero-order valence-corrected chi connectivity index (χ0v) is 10.6. The van der Waals surface area contributed by atoms with E-state index in [0.717, 1.165) is 17.0 Å². The molecule has 0 atom stereocenters. The number of carbonyl (C=O) groups is 1. The molecule has 0 aliphatic carbocycles. The van der Waals surface area contributed by atoms with E-state index in [2.05, 4.69) is 10.1 Å². The van der Waals surface area contributed by atoms with Gasteiger partial charge in [-0.25, -0.2) is 4.79 Å². The number of pyridine rings is 1. The van der Waals surface area contributed by atoms with Crippen LogP contribution in [0.1, 0.15) is 28.8 Å². The highest BCUT2D eigenvalue weighted by Crippen LogP contribution is 2.23. The van der Waals surface area contributed by atoms with Gasteiger partial charge in [0.15, 0.2) is 11.5 Å². The van der Waals surface area contributed by atoms with E-state index in [9.17, 15) is 4.79 Å². The Hall–Kier alpha value is -2.17. The highest BCUT2D eigenvalue weighted by atomic mass is 16.5. The third-order valence-electron chi connectivity index (χ3n) is 2.49. The van der Waals surface area contributed by atoms with Gasteiger partial charge in [-0.2, -0.15) is 0 Å². The van der Waals surface area contributed by atoms with Gasteiger partial charge in [0.25, 0.3) is 0 Å². The fraction of sp³-hybridized carbons (Fsp3) is 0.308. The van der Waals surface area contributed by atoms with E-state index in [4.69, 9.17) is 9.26 Å². The van der Waals surface area contributed by atoms with E-state index < -0.39 is 5.97 Å². The molecule has 2 rings (SSSR count). The predicted octanol–water partition coefficient (Wildman–Crippen LogP) is 2.53. The van der Waals surface area contributed by atoms with Crippen molar-refractivity contribution < 1.29 is 14.1 Å². The molecule has 2 aromatic rings. The lowest BCUT2D eigenvalue weighted by atomic mass is 10.1. The van der Waals surface area contributed by atoms with Crippen LogP contribution in [0.15, 0.2) is 22.7 Å². The van der Waals surface area contributed by atoms with Crippen molar-refractivity contribution in [2.45, 2.75) is 20.8 Å². The van der Waals surface area contributed by atoms with Crippen LogP contribution in [-0.4, -0.2) is 22.7 Å². The second-order valence-corrected chi connectivity index (χ2v) is 3.88. The van der Waals surface area contributed by atoms with Gasteiger partial charge < -0.3 is 9.26 Å². The van der Waals surface area contributed by atoms with Gasteiger partial charge in [-0.05, 0) is 32.9 Å². The van der Waals surface area contributed by atoms with Crippen LogP contribution in [0, 0.1) is 13.8 Å². The molecule has 0 spiro atoms. The van der Waals surface area contributed by atoms with Crippen LogP contribution in [0.2, 0.25) is 0 Å². The monoisotopic (exact) mass is 246 g/mol. The summed E-state index contributed by atoms with van der Waals surface area (Å²) >= 11 is 0. The average molecular weight is 246 g/mol. The first kappa shape index (κ1) is 12.3. The Morgan fingerprint density at radius 2 is 2.17 bits per heavy atom. The second kappa shape index (κ2) is 5.00. The van der Waals surface area contributed by atoms with Crippen molar-refractivity contribution in [2.24, 2.45) is 0 Å². The molecule has 0 saturated heterocycles. The Morgan fingerprint density at radius 1 is 1.39 bits per heavy atom. The zero-order chi connectivity index (χ0) is 13.1. The standard InChI is InChI=1S/C13H14N2O3/c1-4-17-13(16)11-7-12(18-15-11)10-6-5-8(2)14-9(10)3/h5-7H,4H2,1-3H3. The van der Waals surface area contributed by atoms with Gasteiger partial charge in [-0.1, -0.05) is 5.16 Å². The molecule has 0 aliphatic rings. The molecule has 2 aromatic heterocycles. The van der Waals surface area contributed by atoms with Gasteiger partial charge in [0, 0.05) is 23.0 Å². The molecule has 2 heterocycles. The quantitative estimate of drug-likeness (QED) is 0.778. The maximum atomic E-state index is 11.5. The molecule has 0 N–H and O–H groups in total. The molecule has 0 amide bonds. The summed E-state index contributed by atoms with van der Waals surface area (Å²) in [5, 5.41) is 3.70. The average Bonchev–Trinajstić information content (AvgIpc) is 2.78. The van der Waals surface area contributed by atoms with Gasteiger partial charge in [-0.3, -0.25) is 4.98 Å². The first-order valence-electron chi connectivity index (χ1n) is 5.70. The molecule has 0 unspecified atom stereocenters. The van der Waals surface area contributed by atoms with E-state index in [1.807, 2.05) is 26.0 Å². The highest BCUT2D eigenvalue weighted by Gasteiger charge is 2.15. The smallest absolute Gasteiger partial charge is 0.360 e. The number of carbonyl (C=O) groups excluding carboxylic acids is 1. The summed E-state index contributed by atoms with van der Waals surface area (Å²) in [6, 6.07) is 5.35. The van der Waals surface area contributed by atoms with Crippen LogP contribution >= 0.6 is 0 Å². The van der Waals surface area contributed by atoms with E-state index >= 15 is 0 Å². The van der Waals surface area contributed by atoms with Crippen LogP contribution < -0.4 is 0 Å². The summed E-state index contributed by atoms with van der Waals surface area (Å²) in [6.45, 7) is 5.86. The highest BCUT2D eigenvalue weighted by molar-refractivity contribution is 5.88. The number of ether oxygens (including phenoxy) is 1. The minimum Gasteiger partial charge on any atom is -0.461 e. The second-order valence-electron chi connectivity index (χ2n) is 3.88. The van der Waals surface area contributed by atoms with Crippen LogP contribution in [-0.2, 0) is 4.74 Å². The minimum absolute atomic E-state index is 0.173. The van der Waals surface area contributed by atoms with Crippen LogP contribution in [0.25, 0.3) is 11.3 Å². The van der Waals surface area contributed by atoms with Crippen molar-refractivity contribution in [3.63, 3.8) is 0 Å². The normalized spacial score (nSPS) is 10.4. The lowest BCUT2D eigenvalue weighted by molar-refractivity contribution is 0.0514. The van der Waals surface area contributed by atoms with Crippen molar-refractivity contribution in [3.05, 3.63) is 35.3 Å². The molecule has 94 valence electrons. The van der Waals surface area contributed by atoms with Gasteiger partial charge >= 0.3 is 5.97 Å². The molecule has 0 radical (unpaired) electrons. The number of esters is 1. The van der Waals surface area contributed by atoms with Crippen molar-refractivity contribution in [3.8, 4) is 11.3 Å². The minimum atomic E-state index is -0.481. The molecular weight excluding hydrogens is 232 g/mol. The molecule has 5 heteroatoms. The van der Waals surface area contributed by atoms with Crippen molar-refractivity contribution in [1.82, 2.24) is 10.1 Å². The van der Waals surface area contributed by atoms with E-state index in [1.54, 1.807) is 13.0 Å². The Labute approximate surface area is 105 Å². The van der Waals surface area contributed by atoms with E-state index in [0.29, 0.717) is 12.4 Å². The Bertz CT molecular complexity index is 575. The summed E-state index contributed by atoms with van der Waals surface area (Å²) in [5.74, 6) is 0.0354. The van der Waals surface area contributed by atoms with Crippen molar-refractivity contribution in [2.75, 3.05) is 6.61 Å². The topological polar surface area (TPSA) is 65.2 Å². The summed E-state index contributed by atoms with van der Waals surface area (Å²) < 4.78 is 10.00. The molecular formula is C13H14N2O3. The van der Waals surface area contributed by atoms with Gasteiger partial charge in [0.2, 0.25) is 0 Å². The summed E-state index contributed by atoms with van der Waals surface area (Å²) in [6.07, 6.45) is 0. The predicted molar refractivity (Wildman–Crippen MR) is 65.2 cm³/mol. The fourth-order valence-corrected chi connectivity index (χ4v) is 1.65. The molecule has 0 saturated carbocycles. The SMILES string of the molecule is CCOC(=O)c1cc(-c2ccc(C)nc2C)on1. The number of aromatic nitrogens is 2. The Balaban J connectivity index is 2.32. The molecule has 0 bridgehead atoms. The fourth-order valence-electron chi connectivity index (χ4n) is 1.65. The molecule has 5 nitrogen and oxygen atoms in total. The van der Waals surface area contributed by atoms with E-state index in [1.165, 1.54) is 0 Å². The molecule has 18 heavy (non-hydrogen) atoms. The molecule has 0 fully saturated rings.